The standard InChI is InChI=1S/C15H24N2O/c1-3-18-15-9-13(10-15)8-14(16-2)7-12-5-4-6-17-11-12/h4-6,11,13-16H,3,7-10H2,1-2H3. The van der Waals surface area contributed by atoms with E-state index in [1.54, 1.807) is 0 Å². The molecule has 18 heavy (non-hydrogen) atoms. The molecule has 1 aromatic rings. The van der Waals surface area contributed by atoms with E-state index in [0.717, 1.165) is 18.9 Å². The molecule has 1 aliphatic carbocycles. The molecule has 100 valence electrons. The molecule has 1 heterocycles. The number of pyridine rings is 1. The monoisotopic (exact) mass is 248 g/mol. The Kier molecular flexibility index (Phi) is 5.14. The van der Waals surface area contributed by atoms with Crippen molar-refractivity contribution in [2.45, 2.75) is 44.8 Å². The largest absolute Gasteiger partial charge is 0.378 e. The highest BCUT2D eigenvalue weighted by Crippen LogP contribution is 2.33. The van der Waals surface area contributed by atoms with E-state index in [9.17, 15) is 0 Å². The lowest BCUT2D eigenvalue weighted by atomic mass is 9.77. The summed E-state index contributed by atoms with van der Waals surface area (Å²) in [6.07, 6.45) is 9.11. The third-order valence-corrected chi connectivity index (χ3v) is 3.83. The van der Waals surface area contributed by atoms with E-state index in [0.29, 0.717) is 12.1 Å². The van der Waals surface area contributed by atoms with E-state index in [-0.39, 0.29) is 0 Å². The zero-order valence-corrected chi connectivity index (χ0v) is 11.4. The Morgan fingerprint density at radius 3 is 2.94 bits per heavy atom. The summed E-state index contributed by atoms with van der Waals surface area (Å²) in [6.45, 7) is 2.93. The minimum absolute atomic E-state index is 0.524. The fraction of sp³-hybridized carbons (Fsp3) is 0.667. The maximum atomic E-state index is 5.61. The second-order valence-electron chi connectivity index (χ2n) is 5.20. The van der Waals surface area contributed by atoms with E-state index in [1.165, 1.54) is 24.8 Å². The first-order valence-corrected chi connectivity index (χ1v) is 6.99. The van der Waals surface area contributed by atoms with Crippen LogP contribution in [0.3, 0.4) is 0 Å². The summed E-state index contributed by atoms with van der Waals surface area (Å²) in [4.78, 5) is 4.17. The first kappa shape index (κ1) is 13.5. The summed E-state index contributed by atoms with van der Waals surface area (Å²) in [6, 6.07) is 4.72. The molecule has 0 saturated heterocycles. The molecular weight excluding hydrogens is 224 g/mol. The summed E-state index contributed by atoms with van der Waals surface area (Å²) >= 11 is 0. The maximum Gasteiger partial charge on any atom is 0.0580 e. The molecule has 2 rings (SSSR count). The second kappa shape index (κ2) is 6.86. The molecule has 1 aromatic heterocycles. The van der Waals surface area contributed by atoms with Gasteiger partial charge in [0.05, 0.1) is 6.10 Å². The van der Waals surface area contributed by atoms with Gasteiger partial charge in [0.25, 0.3) is 0 Å². The fourth-order valence-electron chi connectivity index (χ4n) is 2.75. The number of nitrogens with zero attached hydrogens (tertiary/aromatic N) is 1. The van der Waals surface area contributed by atoms with Crippen molar-refractivity contribution in [3.63, 3.8) is 0 Å². The predicted octanol–water partition coefficient (Wildman–Crippen LogP) is 2.42. The first-order chi connectivity index (χ1) is 8.81. The molecule has 1 aliphatic rings. The van der Waals surface area contributed by atoms with Crippen molar-refractivity contribution < 1.29 is 4.74 Å². The van der Waals surface area contributed by atoms with Crippen LogP contribution in [0.25, 0.3) is 0 Å². The quantitative estimate of drug-likeness (QED) is 0.804. The van der Waals surface area contributed by atoms with Crippen LogP contribution in [0.5, 0.6) is 0 Å². The van der Waals surface area contributed by atoms with Gasteiger partial charge in [0, 0.05) is 25.0 Å². The third kappa shape index (κ3) is 3.79. The molecule has 0 spiro atoms. The number of hydrogen-bond donors (Lipinski definition) is 1. The topological polar surface area (TPSA) is 34.1 Å². The minimum atomic E-state index is 0.524. The number of likely N-dealkylation sites (N-methyl/N-ethyl adjacent to an activating group) is 1. The van der Waals surface area contributed by atoms with E-state index in [2.05, 4.69) is 30.3 Å². The highest BCUT2D eigenvalue weighted by molar-refractivity contribution is 5.10. The Balaban J connectivity index is 1.74. The van der Waals surface area contributed by atoms with Crippen molar-refractivity contribution in [3.8, 4) is 0 Å². The molecular formula is C15H24N2O. The van der Waals surface area contributed by atoms with Gasteiger partial charge in [-0.3, -0.25) is 4.98 Å². The van der Waals surface area contributed by atoms with E-state index >= 15 is 0 Å². The summed E-state index contributed by atoms with van der Waals surface area (Å²) in [5, 5.41) is 3.43. The van der Waals surface area contributed by atoms with Gasteiger partial charge in [0.15, 0.2) is 0 Å². The minimum Gasteiger partial charge on any atom is -0.378 e. The molecule has 3 heteroatoms. The highest BCUT2D eigenvalue weighted by Gasteiger charge is 2.30. The van der Waals surface area contributed by atoms with Gasteiger partial charge in [-0.25, -0.2) is 0 Å². The van der Waals surface area contributed by atoms with E-state index in [1.807, 2.05) is 18.5 Å². The molecule has 0 aliphatic heterocycles. The van der Waals surface area contributed by atoms with E-state index in [4.69, 9.17) is 4.74 Å². The smallest absolute Gasteiger partial charge is 0.0580 e. The van der Waals surface area contributed by atoms with Crippen molar-refractivity contribution in [1.82, 2.24) is 10.3 Å². The van der Waals surface area contributed by atoms with Gasteiger partial charge >= 0.3 is 0 Å². The van der Waals surface area contributed by atoms with Gasteiger partial charge in [0.1, 0.15) is 0 Å². The second-order valence-corrected chi connectivity index (χ2v) is 5.20. The average molecular weight is 248 g/mol. The van der Waals surface area contributed by atoms with Gasteiger partial charge in [-0.15, -0.1) is 0 Å². The lowest BCUT2D eigenvalue weighted by molar-refractivity contribution is -0.0288. The lowest BCUT2D eigenvalue weighted by Gasteiger charge is -2.37. The van der Waals surface area contributed by atoms with Crippen LogP contribution in [0.4, 0.5) is 0 Å². The van der Waals surface area contributed by atoms with Crippen LogP contribution in [-0.2, 0) is 11.2 Å². The summed E-state index contributed by atoms with van der Waals surface area (Å²) < 4.78 is 5.61. The predicted molar refractivity (Wildman–Crippen MR) is 73.5 cm³/mol. The number of aromatic nitrogens is 1. The molecule has 1 saturated carbocycles. The van der Waals surface area contributed by atoms with E-state index < -0.39 is 0 Å². The Morgan fingerprint density at radius 1 is 1.50 bits per heavy atom. The van der Waals surface area contributed by atoms with Crippen molar-refractivity contribution in [2.24, 2.45) is 5.92 Å². The van der Waals surface area contributed by atoms with Crippen molar-refractivity contribution in [2.75, 3.05) is 13.7 Å². The maximum absolute atomic E-state index is 5.61. The fourth-order valence-corrected chi connectivity index (χ4v) is 2.75. The molecule has 0 aromatic carbocycles. The zero-order valence-electron chi connectivity index (χ0n) is 11.4. The van der Waals surface area contributed by atoms with Crippen LogP contribution in [0, 0.1) is 5.92 Å². The number of rotatable bonds is 7. The summed E-state index contributed by atoms with van der Waals surface area (Å²) in [5.74, 6) is 0.829. The van der Waals surface area contributed by atoms with Gasteiger partial charge < -0.3 is 10.1 Å². The summed E-state index contributed by atoms with van der Waals surface area (Å²) in [5.41, 5.74) is 1.32. The van der Waals surface area contributed by atoms with Crippen LogP contribution < -0.4 is 5.32 Å². The Hall–Kier alpha value is -0.930. The lowest BCUT2D eigenvalue weighted by Crippen LogP contribution is -2.38. The van der Waals surface area contributed by atoms with Crippen LogP contribution in [0.2, 0.25) is 0 Å². The van der Waals surface area contributed by atoms with Crippen molar-refractivity contribution in [1.29, 1.82) is 0 Å². The van der Waals surface area contributed by atoms with Crippen LogP contribution in [-0.4, -0.2) is 30.8 Å². The van der Waals surface area contributed by atoms with Crippen molar-refractivity contribution in [3.05, 3.63) is 30.1 Å². The highest BCUT2D eigenvalue weighted by atomic mass is 16.5. The average Bonchev–Trinajstić information content (AvgIpc) is 2.36. The van der Waals surface area contributed by atoms with Gasteiger partial charge in [-0.05, 0) is 57.2 Å². The zero-order chi connectivity index (χ0) is 12.8. The van der Waals surface area contributed by atoms with Crippen LogP contribution in [0.15, 0.2) is 24.5 Å². The number of nitrogens with one attached hydrogen (secondary N) is 1. The third-order valence-electron chi connectivity index (χ3n) is 3.83. The SMILES string of the molecule is CCOC1CC(CC(Cc2cccnc2)NC)C1. The molecule has 3 nitrogen and oxygen atoms in total. The number of hydrogen-bond acceptors (Lipinski definition) is 3. The Morgan fingerprint density at radius 2 is 2.33 bits per heavy atom. The molecule has 0 bridgehead atoms. The molecule has 1 unspecified atom stereocenters. The van der Waals surface area contributed by atoms with Gasteiger partial charge in [0.2, 0.25) is 0 Å². The van der Waals surface area contributed by atoms with Crippen LogP contribution >= 0.6 is 0 Å². The van der Waals surface area contributed by atoms with Crippen LogP contribution in [0.1, 0.15) is 31.7 Å². The molecule has 1 atom stereocenters. The Bertz CT molecular complexity index is 336. The Labute approximate surface area is 110 Å². The first-order valence-electron chi connectivity index (χ1n) is 6.99. The normalized spacial score (nSPS) is 24.6. The number of ether oxygens (including phenoxy) is 1. The van der Waals surface area contributed by atoms with Gasteiger partial charge in [-0.2, -0.15) is 0 Å². The summed E-state index contributed by atoms with van der Waals surface area (Å²) in [7, 11) is 2.06. The molecule has 1 N–H and O–H groups in total. The molecule has 0 radical (unpaired) electrons. The van der Waals surface area contributed by atoms with Crippen molar-refractivity contribution >= 4 is 0 Å². The molecule has 1 fully saturated rings. The van der Waals surface area contributed by atoms with Gasteiger partial charge in [-0.1, -0.05) is 6.07 Å². The molecule has 0 amide bonds.